The van der Waals surface area contributed by atoms with Crippen molar-refractivity contribution in [1.29, 1.82) is 0 Å². The predicted octanol–water partition coefficient (Wildman–Crippen LogP) is 2.43. The summed E-state index contributed by atoms with van der Waals surface area (Å²) in [5, 5.41) is 3.81. The molecule has 1 atom stereocenters. The second kappa shape index (κ2) is 7.61. The number of hydrogen-bond donors (Lipinski definition) is 1. The first-order valence-corrected chi connectivity index (χ1v) is 7.92. The molecule has 3 nitrogen and oxygen atoms in total. The zero-order valence-corrected chi connectivity index (χ0v) is 14.0. The third kappa shape index (κ3) is 6.73. The van der Waals surface area contributed by atoms with Crippen LogP contribution in [0.2, 0.25) is 0 Å². The fourth-order valence-corrected chi connectivity index (χ4v) is 3.17. The molecule has 1 unspecified atom stereocenters. The lowest BCUT2D eigenvalue weighted by molar-refractivity contribution is 0.215. The van der Waals surface area contributed by atoms with Gasteiger partial charge in [-0.05, 0) is 65.7 Å². The van der Waals surface area contributed by atoms with Crippen molar-refractivity contribution < 1.29 is 0 Å². The quantitative estimate of drug-likeness (QED) is 0.799. The second-order valence-electron chi connectivity index (χ2n) is 7.54. The molecular formula is C16H35N3. The molecule has 0 aromatic carbocycles. The molecular weight excluding hydrogens is 234 g/mol. The van der Waals surface area contributed by atoms with Crippen molar-refractivity contribution in [2.75, 3.05) is 40.3 Å². The molecule has 0 aromatic heterocycles. The van der Waals surface area contributed by atoms with E-state index in [0.717, 1.165) is 13.1 Å². The summed E-state index contributed by atoms with van der Waals surface area (Å²) in [6.45, 7) is 14.1. The summed E-state index contributed by atoms with van der Waals surface area (Å²) in [5.41, 5.74) is 0.355. The summed E-state index contributed by atoms with van der Waals surface area (Å²) in [4.78, 5) is 4.90. The Balaban J connectivity index is 2.33. The molecule has 0 saturated carbocycles. The van der Waals surface area contributed by atoms with Crippen LogP contribution >= 0.6 is 0 Å². The minimum Gasteiger partial charge on any atom is -0.313 e. The van der Waals surface area contributed by atoms with Gasteiger partial charge in [0.25, 0.3) is 0 Å². The maximum absolute atomic E-state index is 3.81. The van der Waals surface area contributed by atoms with Gasteiger partial charge in [-0.25, -0.2) is 0 Å². The van der Waals surface area contributed by atoms with Crippen molar-refractivity contribution in [2.45, 2.75) is 59.0 Å². The first-order chi connectivity index (χ1) is 8.80. The highest BCUT2D eigenvalue weighted by molar-refractivity contribution is 4.80. The van der Waals surface area contributed by atoms with Crippen LogP contribution in [-0.4, -0.2) is 62.2 Å². The fourth-order valence-electron chi connectivity index (χ4n) is 3.17. The Kier molecular flexibility index (Phi) is 6.78. The highest BCUT2D eigenvalue weighted by Gasteiger charge is 2.22. The van der Waals surface area contributed by atoms with Gasteiger partial charge in [0.2, 0.25) is 0 Å². The summed E-state index contributed by atoms with van der Waals surface area (Å²) in [5.74, 6) is 0. The van der Waals surface area contributed by atoms with Crippen LogP contribution in [-0.2, 0) is 0 Å². The molecule has 1 rings (SSSR count). The molecule has 0 radical (unpaired) electrons. The van der Waals surface area contributed by atoms with Gasteiger partial charge >= 0.3 is 0 Å². The highest BCUT2D eigenvalue weighted by Crippen LogP contribution is 2.17. The van der Waals surface area contributed by atoms with E-state index in [4.69, 9.17) is 0 Å². The SMILES string of the molecule is CC(C)N1CCCC(NCC(C)(C)CN(C)C)CC1. The molecule has 1 aliphatic rings. The highest BCUT2D eigenvalue weighted by atomic mass is 15.2. The molecule has 114 valence electrons. The molecule has 1 fully saturated rings. The van der Waals surface area contributed by atoms with E-state index in [-0.39, 0.29) is 0 Å². The molecule has 1 heterocycles. The Morgan fingerprint density at radius 1 is 1.21 bits per heavy atom. The topological polar surface area (TPSA) is 18.5 Å². The van der Waals surface area contributed by atoms with Gasteiger partial charge in [-0.3, -0.25) is 0 Å². The van der Waals surface area contributed by atoms with Crippen LogP contribution in [0.5, 0.6) is 0 Å². The molecule has 1 saturated heterocycles. The third-order valence-electron chi connectivity index (χ3n) is 4.11. The Hall–Kier alpha value is -0.120. The average Bonchev–Trinajstić information content (AvgIpc) is 2.50. The van der Waals surface area contributed by atoms with Crippen molar-refractivity contribution in [3.05, 3.63) is 0 Å². The number of nitrogens with one attached hydrogen (secondary N) is 1. The lowest BCUT2D eigenvalue weighted by Gasteiger charge is -2.31. The number of likely N-dealkylation sites (tertiary alicyclic amines) is 1. The van der Waals surface area contributed by atoms with Crippen LogP contribution in [0.25, 0.3) is 0 Å². The fraction of sp³-hybridized carbons (Fsp3) is 1.00. The first kappa shape index (κ1) is 16.9. The van der Waals surface area contributed by atoms with Crippen LogP contribution in [0, 0.1) is 5.41 Å². The van der Waals surface area contributed by atoms with Crippen LogP contribution in [0.15, 0.2) is 0 Å². The molecule has 1 N–H and O–H groups in total. The zero-order chi connectivity index (χ0) is 14.5. The van der Waals surface area contributed by atoms with Gasteiger partial charge in [-0.15, -0.1) is 0 Å². The molecule has 19 heavy (non-hydrogen) atoms. The van der Waals surface area contributed by atoms with E-state index in [1.165, 1.54) is 32.4 Å². The van der Waals surface area contributed by atoms with Crippen LogP contribution in [0.4, 0.5) is 0 Å². The number of nitrogens with zero attached hydrogens (tertiary/aromatic N) is 2. The summed E-state index contributed by atoms with van der Waals surface area (Å²) in [6.07, 6.45) is 3.97. The molecule has 1 aliphatic heterocycles. The average molecular weight is 269 g/mol. The number of hydrogen-bond acceptors (Lipinski definition) is 3. The van der Waals surface area contributed by atoms with E-state index < -0.39 is 0 Å². The number of rotatable bonds is 6. The summed E-state index contributed by atoms with van der Waals surface area (Å²) in [7, 11) is 4.32. The van der Waals surface area contributed by atoms with E-state index in [1.807, 2.05) is 0 Å². The van der Waals surface area contributed by atoms with E-state index in [1.54, 1.807) is 0 Å². The largest absolute Gasteiger partial charge is 0.313 e. The monoisotopic (exact) mass is 269 g/mol. The van der Waals surface area contributed by atoms with Gasteiger partial charge in [0.15, 0.2) is 0 Å². The molecule has 0 amide bonds. The normalized spacial score (nSPS) is 23.1. The van der Waals surface area contributed by atoms with Gasteiger partial charge < -0.3 is 15.1 Å². The minimum absolute atomic E-state index is 0.355. The van der Waals surface area contributed by atoms with Gasteiger partial charge in [0, 0.05) is 25.2 Å². The molecule has 3 heteroatoms. The molecule has 0 aromatic rings. The standard InChI is InChI=1S/C16H35N3/c1-14(2)19-10-7-8-15(9-11-19)17-12-16(3,4)13-18(5)6/h14-15,17H,7-13H2,1-6H3. The van der Waals surface area contributed by atoms with Gasteiger partial charge in [-0.1, -0.05) is 13.8 Å². The van der Waals surface area contributed by atoms with Gasteiger partial charge in [-0.2, -0.15) is 0 Å². The smallest absolute Gasteiger partial charge is 0.00799 e. The van der Waals surface area contributed by atoms with E-state index in [0.29, 0.717) is 17.5 Å². The van der Waals surface area contributed by atoms with Crippen LogP contribution < -0.4 is 5.32 Å². The molecule has 0 bridgehead atoms. The molecule has 0 aliphatic carbocycles. The maximum Gasteiger partial charge on any atom is 0.00799 e. The Morgan fingerprint density at radius 2 is 1.89 bits per heavy atom. The van der Waals surface area contributed by atoms with Crippen molar-refractivity contribution in [3.63, 3.8) is 0 Å². The zero-order valence-electron chi connectivity index (χ0n) is 14.0. The van der Waals surface area contributed by atoms with Gasteiger partial charge in [0.1, 0.15) is 0 Å². The van der Waals surface area contributed by atoms with E-state index in [9.17, 15) is 0 Å². The summed E-state index contributed by atoms with van der Waals surface area (Å²) >= 11 is 0. The van der Waals surface area contributed by atoms with E-state index >= 15 is 0 Å². The first-order valence-electron chi connectivity index (χ1n) is 7.92. The molecule has 0 spiro atoms. The van der Waals surface area contributed by atoms with Crippen molar-refractivity contribution in [3.8, 4) is 0 Å². The van der Waals surface area contributed by atoms with Crippen LogP contribution in [0.1, 0.15) is 47.0 Å². The summed E-state index contributed by atoms with van der Waals surface area (Å²) < 4.78 is 0. The van der Waals surface area contributed by atoms with Crippen molar-refractivity contribution in [1.82, 2.24) is 15.1 Å². The van der Waals surface area contributed by atoms with Crippen LogP contribution in [0.3, 0.4) is 0 Å². The second-order valence-corrected chi connectivity index (χ2v) is 7.54. The van der Waals surface area contributed by atoms with E-state index in [2.05, 4.69) is 56.9 Å². The Labute approximate surface area is 120 Å². The lowest BCUT2D eigenvalue weighted by Crippen LogP contribution is -2.42. The lowest BCUT2D eigenvalue weighted by atomic mass is 9.92. The summed E-state index contributed by atoms with van der Waals surface area (Å²) in [6, 6.07) is 1.41. The predicted molar refractivity (Wildman–Crippen MR) is 84.7 cm³/mol. The third-order valence-corrected chi connectivity index (χ3v) is 4.11. The maximum atomic E-state index is 3.81. The minimum atomic E-state index is 0.355. The Bertz CT molecular complexity index is 248. The van der Waals surface area contributed by atoms with Gasteiger partial charge in [0.05, 0.1) is 0 Å². The van der Waals surface area contributed by atoms with Crippen molar-refractivity contribution >= 4 is 0 Å². The van der Waals surface area contributed by atoms with Crippen molar-refractivity contribution in [2.24, 2.45) is 5.41 Å². The Morgan fingerprint density at radius 3 is 2.47 bits per heavy atom.